The molecular formula is C9H6BrF2NO4. The number of hydrogen-bond donors (Lipinski definition) is 0. The summed E-state index contributed by atoms with van der Waals surface area (Å²) in [7, 11) is 0. The molecule has 0 aliphatic carbocycles. The van der Waals surface area contributed by atoms with Crippen molar-refractivity contribution >= 4 is 27.4 Å². The van der Waals surface area contributed by atoms with Crippen LogP contribution in [0.2, 0.25) is 0 Å². The topological polar surface area (TPSA) is 69.4 Å². The fraction of sp³-hybridized carbons (Fsp3) is 0.222. The van der Waals surface area contributed by atoms with Crippen molar-refractivity contribution in [2.24, 2.45) is 0 Å². The molecule has 5 nitrogen and oxygen atoms in total. The summed E-state index contributed by atoms with van der Waals surface area (Å²) < 4.78 is 28.1. The van der Waals surface area contributed by atoms with Crippen LogP contribution in [0.3, 0.4) is 0 Å². The zero-order valence-electron chi connectivity index (χ0n) is 8.45. The number of benzene rings is 1. The standard InChI is InChI=1S/C9H6BrF2NO4/c1-4(14)5-2-3-6(13(15)16)7(10)8(5)17-9(11)12/h2-3,9H,1H3. The summed E-state index contributed by atoms with van der Waals surface area (Å²) in [4.78, 5) is 21.0. The minimum absolute atomic E-state index is 0.150. The predicted molar refractivity (Wildman–Crippen MR) is 57.4 cm³/mol. The Kier molecular flexibility index (Phi) is 4.11. The van der Waals surface area contributed by atoms with Crippen LogP contribution in [-0.4, -0.2) is 17.3 Å². The Balaban J connectivity index is 3.41. The lowest BCUT2D eigenvalue weighted by Gasteiger charge is -2.10. The third-order valence-electron chi connectivity index (χ3n) is 1.86. The second-order valence-corrected chi connectivity index (χ2v) is 3.76. The van der Waals surface area contributed by atoms with Gasteiger partial charge in [0.25, 0.3) is 5.69 Å². The summed E-state index contributed by atoms with van der Waals surface area (Å²) in [6, 6.07) is 2.11. The van der Waals surface area contributed by atoms with Crippen LogP contribution in [0.5, 0.6) is 5.75 Å². The normalized spacial score (nSPS) is 10.4. The Morgan fingerprint density at radius 2 is 2.12 bits per heavy atom. The first kappa shape index (κ1) is 13.5. The molecule has 1 aromatic carbocycles. The maximum absolute atomic E-state index is 12.2. The molecule has 17 heavy (non-hydrogen) atoms. The van der Waals surface area contributed by atoms with E-state index in [4.69, 9.17) is 0 Å². The lowest BCUT2D eigenvalue weighted by atomic mass is 10.1. The SMILES string of the molecule is CC(=O)c1ccc([N+](=O)[O-])c(Br)c1OC(F)F. The van der Waals surface area contributed by atoms with Crippen molar-refractivity contribution in [2.75, 3.05) is 0 Å². The van der Waals surface area contributed by atoms with E-state index < -0.39 is 28.8 Å². The number of nitro groups is 1. The van der Waals surface area contributed by atoms with Crippen LogP contribution in [-0.2, 0) is 0 Å². The van der Waals surface area contributed by atoms with Crippen molar-refractivity contribution < 1.29 is 23.2 Å². The Morgan fingerprint density at radius 1 is 1.53 bits per heavy atom. The number of alkyl halides is 2. The van der Waals surface area contributed by atoms with E-state index in [-0.39, 0.29) is 10.0 Å². The minimum atomic E-state index is -3.17. The van der Waals surface area contributed by atoms with Crippen molar-refractivity contribution in [3.63, 3.8) is 0 Å². The molecule has 0 saturated carbocycles. The first-order valence-electron chi connectivity index (χ1n) is 4.27. The van der Waals surface area contributed by atoms with Gasteiger partial charge in [0.1, 0.15) is 4.47 Å². The summed E-state index contributed by atoms with van der Waals surface area (Å²) in [5.41, 5.74) is -0.603. The van der Waals surface area contributed by atoms with Gasteiger partial charge in [-0.3, -0.25) is 14.9 Å². The van der Waals surface area contributed by atoms with Gasteiger partial charge in [0.05, 0.1) is 10.5 Å². The molecule has 0 aliphatic heterocycles. The van der Waals surface area contributed by atoms with Crippen LogP contribution >= 0.6 is 15.9 Å². The van der Waals surface area contributed by atoms with E-state index in [2.05, 4.69) is 20.7 Å². The van der Waals surface area contributed by atoms with Crippen molar-refractivity contribution in [2.45, 2.75) is 13.5 Å². The smallest absolute Gasteiger partial charge is 0.387 e. The summed E-state index contributed by atoms with van der Waals surface area (Å²) >= 11 is 2.78. The van der Waals surface area contributed by atoms with Gasteiger partial charge in [0.2, 0.25) is 0 Å². The first-order chi connectivity index (χ1) is 7.84. The summed E-state index contributed by atoms with van der Waals surface area (Å²) in [5, 5.41) is 10.6. The van der Waals surface area contributed by atoms with E-state index in [1.165, 1.54) is 0 Å². The Bertz CT molecular complexity index is 478. The molecule has 0 unspecified atom stereocenters. The largest absolute Gasteiger partial charge is 0.433 e. The molecule has 1 rings (SSSR count). The van der Waals surface area contributed by atoms with Crippen molar-refractivity contribution in [3.05, 3.63) is 32.3 Å². The number of nitrogens with zero attached hydrogens (tertiary/aromatic N) is 1. The Hall–Kier alpha value is -1.57. The van der Waals surface area contributed by atoms with Gasteiger partial charge in [-0.1, -0.05) is 0 Å². The van der Waals surface area contributed by atoms with E-state index in [0.29, 0.717) is 0 Å². The minimum Gasteiger partial charge on any atom is -0.433 e. The molecule has 0 amide bonds. The van der Waals surface area contributed by atoms with Gasteiger partial charge in [-0.2, -0.15) is 8.78 Å². The third-order valence-corrected chi connectivity index (χ3v) is 2.63. The monoisotopic (exact) mass is 309 g/mol. The van der Waals surface area contributed by atoms with Crippen molar-refractivity contribution in [1.82, 2.24) is 0 Å². The molecule has 0 aromatic heterocycles. The zero-order chi connectivity index (χ0) is 13.2. The maximum Gasteiger partial charge on any atom is 0.387 e. The molecule has 0 radical (unpaired) electrons. The van der Waals surface area contributed by atoms with Gasteiger partial charge < -0.3 is 4.74 Å². The molecule has 1 aromatic rings. The van der Waals surface area contributed by atoms with E-state index in [0.717, 1.165) is 19.1 Å². The first-order valence-corrected chi connectivity index (χ1v) is 5.06. The van der Waals surface area contributed by atoms with Gasteiger partial charge >= 0.3 is 6.61 Å². The third kappa shape index (κ3) is 2.96. The molecule has 0 N–H and O–H groups in total. The average Bonchev–Trinajstić information content (AvgIpc) is 2.19. The quantitative estimate of drug-likeness (QED) is 0.486. The Labute approximate surface area is 103 Å². The number of carbonyl (C=O) groups excluding carboxylic acids is 1. The molecule has 0 fully saturated rings. The predicted octanol–water partition coefficient (Wildman–Crippen LogP) is 3.16. The molecule has 0 saturated heterocycles. The highest BCUT2D eigenvalue weighted by atomic mass is 79.9. The fourth-order valence-corrected chi connectivity index (χ4v) is 1.75. The van der Waals surface area contributed by atoms with Crippen LogP contribution in [0.1, 0.15) is 17.3 Å². The highest BCUT2D eigenvalue weighted by molar-refractivity contribution is 9.10. The molecule has 0 atom stereocenters. The summed E-state index contributed by atoms with van der Waals surface area (Å²) in [6.07, 6.45) is 0. The highest BCUT2D eigenvalue weighted by Crippen LogP contribution is 2.38. The number of hydrogen-bond acceptors (Lipinski definition) is 4. The molecule has 92 valence electrons. The van der Waals surface area contributed by atoms with E-state index in [1.54, 1.807) is 0 Å². The van der Waals surface area contributed by atoms with E-state index in [1.807, 2.05) is 0 Å². The summed E-state index contributed by atoms with van der Waals surface area (Å²) in [5.74, 6) is -1.06. The Morgan fingerprint density at radius 3 is 2.53 bits per heavy atom. The van der Waals surface area contributed by atoms with Crippen LogP contribution in [0.15, 0.2) is 16.6 Å². The summed E-state index contributed by atoms with van der Waals surface area (Å²) in [6.45, 7) is -2.03. The molecule has 0 aliphatic rings. The van der Waals surface area contributed by atoms with Crippen LogP contribution in [0, 0.1) is 10.1 Å². The lowest BCUT2D eigenvalue weighted by Crippen LogP contribution is -2.08. The average molecular weight is 310 g/mol. The highest BCUT2D eigenvalue weighted by Gasteiger charge is 2.24. The van der Waals surface area contributed by atoms with Gasteiger partial charge in [0, 0.05) is 6.07 Å². The number of nitro benzene ring substituents is 1. The van der Waals surface area contributed by atoms with Gasteiger partial charge in [-0.25, -0.2) is 0 Å². The lowest BCUT2D eigenvalue weighted by molar-refractivity contribution is -0.385. The number of halogens is 3. The number of rotatable bonds is 4. The van der Waals surface area contributed by atoms with Crippen LogP contribution in [0.25, 0.3) is 0 Å². The van der Waals surface area contributed by atoms with Crippen LogP contribution < -0.4 is 4.74 Å². The number of ketones is 1. The molecular weight excluding hydrogens is 304 g/mol. The van der Waals surface area contributed by atoms with E-state index in [9.17, 15) is 23.7 Å². The van der Waals surface area contributed by atoms with Crippen molar-refractivity contribution in [1.29, 1.82) is 0 Å². The van der Waals surface area contributed by atoms with Gasteiger partial charge in [-0.05, 0) is 28.9 Å². The number of ether oxygens (including phenoxy) is 1. The van der Waals surface area contributed by atoms with Gasteiger partial charge in [-0.15, -0.1) is 0 Å². The fourth-order valence-electron chi connectivity index (χ4n) is 1.17. The molecule has 8 heteroatoms. The number of Topliss-reactive ketones (excluding diaryl/α,β-unsaturated/α-hetero) is 1. The van der Waals surface area contributed by atoms with Crippen LogP contribution in [0.4, 0.5) is 14.5 Å². The number of carbonyl (C=O) groups is 1. The molecule has 0 spiro atoms. The second-order valence-electron chi connectivity index (χ2n) is 2.97. The second kappa shape index (κ2) is 5.17. The molecule has 0 heterocycles. The molecule has 0 bridgehead atoms. The van der Waals surface area contributed by atoms with Crippen molar-refractivity contribution in [3.8, 4) is 5.75 Å². The van der Waals surface area contributed by atoms with Gasteiger partial charge in [0.15, 0.2) is 11.5 Å². The maximum atomic E-state index is 12.2. The zero-order valence-corrected chi connectivity index (χ0v) is 10.0. The van der Waals surface area contributed by atoms with E-state index >= 15 is 0 Å².